The van der Waals surface area contributed by atoms with Gasteiger partial charge in [-0.1, -0.05) is 6.92 Å². The molecule has 2 nitrogen and oxygen atoms in total. The number of nitrogens with two attached hydrogens (primary N) is 1. The molecule has 1 unspecified atom stereocenters. The summed E-state index contributed by atoms with van der Waals surface area (Å²) in [5.74, 6) is 0.699. The number of nitrogens with zero attached hydrogens (tertiary/aromatic N) is 1. The molecule has 0 aliphatic heterocycles. The maximum atomic E-state index is 6.58. The number of aromatic nitrogens is 1. The summed E-state index contributed by atoms with van der Waals surface area (Å²) in [4.78, 5) is 6.37. The summed E-state index contributed by atoms with van der Waals surface area (Å²) in [5, 5.41) is 1.23. The van der Waals surface area contributed by atoms with E-state index >= 15 is 0 Å². The lowest BCUT2D eigenvalue weighted by Gasteiger charge is -2.25. The van der Waals surface area contributed by atoms with Crippen LogP contribution in [0.1, 0.15) is 54.6 Å². The van der Waals surface area contributed by atoms with Gasteiger partial charge >= 0.3 is 0 Å². The molecule has 0 spiro atoms. The van der Waals surface area contributed by atoms with Gasteiger partial charge in [-0.05, 0) is 50.9 Å². The van der Waals surface area contributed by atoms with Gasteiger partial charge in [0.05, 0.1) is 11.2 Å². The van der Waals surface area contributed by atoms with E-state index in [4.69, 9.17) is 10.7 Å². The molecule has 0 bridgehead atoms. The van der Waals surface area contributed by atoms with Crippen LogP contribution in [0.5, 0.6) is 0 Å². The predicted molar refractivity (Wildman–Crippen MR) is 67.6 cm³/mol. The lowest BCUT2D eigenvalue weighted by molar-refractivity contribution is 0.368. The highest BCUT2D eigenvalue weighted by molar-refractivity contribution is 7.11. The van der Waals surface area contributed by atoms with E-state index in [9.17, 15) is 0 Å². The van der Waals surface area contributed by atoms with Crippen molar-refractivity contribution in [3.05, 3.63) is 15.6 Å². The van der Waals surface area contributed by atoms with E-state index in [1.165, 1.54) is 54.1 Å². The van der Waals surface area contributed by atoms with Crippen LogP contribution in [0.15, 0.2) is 0 Å². The summed E-state index contributed by atoms with van der Waals surface area (Å²) >= 11 is 1.90. The Morgan fingerprint density at radius 1 is 1.38 bits per heavy atom. The maximum Gasteiger partial charge on any atom is 0.113 e. The Labute approximate surface area is 101 Å². The molecular weight excluding hydrogens is 216 g/mol. The van der Waals surface area contributed by atoms with Crippen LogP contribution in [0.4, 0.5) is 0 Å². The van der Waals surface area contributed by atoms with Crippen LogP contribution in [0.25, 0.3) is 0 Å². The fraction of sp³-hybridized carbons (Fsp3) is 0.769. The van der Waals surface area contributed by atoms with Crippen molar-refractivity contribution in [1.29, 1.82) is 0 Å². The first-order valence-corrected chi connectivity index (χ1v) is 7.33. The molecule has 3 heteroatoms. The molecule has 2 N–H and O–H groups in total. The first kappa shape index (κ1) is 10.7. The average Bonchev–Trinajstić information content (AvgIpc) is 3.07. The van der Waals surface area contributed by atoms with Gasteiger partial charge in [-0.25, -0.2) is 4.98 Å². The minimum absolute atomic E-state index is 0.109. The molecule has 0 aromatic carbocycles. The van der Waals surface area contributed by atoms with E-state index in [1.807, 2.05) is 11.3 Å². The van der Waals surface area contributed by atoms with E-state index in [-0.39, 0.29) is 5.54 Å². The molecule has 3 rings (SSSR count). The Balaban J connectivity index is 1.95. The standard InChI is InChI=1S/C13H20N2S/c1-2-13(14,9-7-8-9)12-15-10-5-3-4-6-11(10)16-12/h9H,2-8,14H2,1H3. The predicted octanol–water partition coefficient (Wildman–Crippen LogP) is 3.00. The summed E-state index contributed by atoms with van der Waals surface area (Å²) in [6.45, 7) is 2.21. The molecule has 0 amide bonds. The zero-order chi connectivity index (χ0) is 11.2. The molecule has 0 saturated heterocycles. The van der Waals surface area contributed by atoms with E-state index < -0.39 is 0 Å². The number of rotatable bonds is 3. The summed E-state index contributed by atoms with van der Waals surface area (Å²) in [5.41, 5.74) is 7.83. The van der Waals surface area contributed by atoms with Gasteiger partial charge in [-0.3, -0.25) is 0 Å². The molecular formula is C13H20N2S. The van der Waals surface area contributed by atoms with Crippen molar-refractivity contribution in [2.75, 3.05) is 0 Å². The van der Waals surface area contributed by atoms with Gasteiger partial charge in [0.2, 0.25) is 0 Å². The largest absolute Gasteiger partial charge is 0.319 e. The topological polar surface area (TPSA) is 38.9 Å². The third-order valence-electron chi connectivity index (χ3n) is 4.13. The SMILES string of the molecule is CCC(N)(c1nc2c(s1)CCCC2)C1CC1. The molecule has 1 fully saturated rings. The zero-order valence-electron chi connectivity index (χ0n) is 9.96. The van der Waals surface area contributed by atoms with Crippen molar-refractivity contribution in [2.24, 2.45) is 11.7 Å². The Kier molecular flexibility index (Phi) is 2.55. The molecule has 1 aromatic heterocycles. The van der Waals surface area contributed by atoms with Crippen LogP contribution in [-0.4, -0.2) is 4.98 Å². The molecule has 88 valence electrons. The average molecular weight is 236 g/mol. The quantitative estimate of drug-likeness (QED) is 0.876. The highest BCUT2D eigenvalue weighted by Gasteiger charge is 2.44. The normalized spacial score (nSPS) is 23.9. The van der Waals surface area contributed by atoms with Gasteiger partial charge in [0.1, 0.15) is 5.01 Å². The monoisotopic (exact) mass is 236 g/mol. The summed E-state index contributed by atoms with van der Waals surface area (Å²) in [6.07, 6.45) is 8.69. The van der Waals surface area contributed by atoms with Crippen molar-refractivity contribution in [2.45, 2.75) is 57.4 Å². The number of fused-ring (bicyclic) bond motifs is 1. The van der Waals surface area contributed by atoms with Crippen molar-refractivity contribution in [3.8, 4) is 0 Å². The van der Waals surface area contributed by atoms with Crippen molar-refractivity contribution >= 4 is 11.3 Å². The lowest BCUT2D eigenvalue weighted by atomic mass is 9.92. The molecule has 1 heterocycles. The highest BCUT2D eigenvalue weighted by atomic mass is 32.1. The van der Waals surface area contributed by atoms with E-state index in [1.54, 1.807) is 0 Å². The van der Waals surface area contributed by atoms with Crippen LogP contribution in [0.2, 0.25) is 0 Å². The molecule has 1 aromatic rings. The fourth-order valence-corrected chi connectivity index (χ4v) is 4.17. The number of hydrogen-bond acceptors (Lipinski definition) is 3. The Morgan fingerprint density at radius 2 is 2.12 bits per heavy atom. The number of thiazole rings is 1. The van der Waals surface area contributed by atoms with E-state index in [0.29, 0.717) is 5.92 Å². The van der Waals surface area contributed by atoms with Crippen LogP contribution >= 0.6 is 11.3 Å². The molecule has 0 radical (unpaired) electrons. The van der Waals surface area contributed by atoms with Crippen LogP contribution in [0.3, 0.4) is 0 Å². The summed E-state index contributed by atoms with van der Waals surface area (Å²) in [7, 11) is 0. The third-order valence-corrected chi connectivity index (χ3v) is 5.49. The first-order chi connectivity index (χ1) is 7.74. The summed E-state index contributed by atoms with van der Waals surface area (Å²) in [6, 6.07) is 0. The maximum absolute atomic E-state index is 6.58. The fourth-order valence-electron chi connectivity index (χ4n) is 2.76. The third kappa shape index (κ3) is 1.61. The minimum atomic E-state index is -0.109. The minimum Gasteiger partial charge on any atom is -0.319 e. The molecule has 2 aliphatic rings. The van der Waals surface area contributed by atoms with Gasteiger partial charge < -0.3 is 5.73 Å². The molecule has 1 saturated carbocycles. The van der Waals surface area contributed by atoms with Crippen LogP contribution in [0, 0.1) is 5.92 Å². The first-order valence-electron chi connectivity index (χ1n) is 6.52. The van der Waals surface area contributed by atoms with E-state index in [2.05, 4.69) is 6.92 Å². The smallest absolute Gasteiger partial charge is 0.113 e. The Bertz CT molecular complexity index is 371. The van der Waals surface area contributed by atoms with Crippen molar-refractivity contribution < 1.29 is 0 Å². The lowest BCUT2D eigenvalue weighted by Crippen LogP contribution is -2.38. The van der Waals surface area contributed by atoms with Gasteiger partial charge in [-0.15, -0.1) is 11.3 Å². The second-order valence-corrected chi connectivity index (χ2v) is 6.35. The van der Waals surface area contributed by atoms with Gasteiger partial charge in [-0.2, -0.15) is 0 Å². The Hall–Kier alpha value is -0.410. The van der Waals surface area contributed by atoms with E-state index in [0.717, 1.165) is 6.42 Å². The molecule has 2 aliphatic carbocycles. The van der Waals surface area contributed by atoms with Crippen molar-refractivity contribution in [3.63, 3.8) is 0 Å². The molecule has 1 atom stereocenters. The van der Waals surface area contributed by atoms with Gasteiger partial charge in [0.15, 0.2) is 0 Å². The summed E-state index contributed by atoms with van der Waals surface area (Å²) < 4.78 is 0. The second-order valence-electron chi connectivity index (χ2n) is 5.26. The van der Waals surface area contributed by atoms with Gasteiger partial charge in [0, 0.05) is 4.88 Å². The molecule has 16 heavy (non-hydrogen) atoms. The Morgan fingerprint density at radius 3 is 2.75 bits per heavy atom. The number of hydrogen-bond donors (Lipinski definition) is 1. The van der Waals surface area contributed by atoms with Gasteiger partial charge in [0.25, 0.3) is 0 Å². The highest BCUT2D eigenvalue weighted by Crippen LogP contribution is 2.47. The van der Waals surface area contributed by atoms with Crippen molar-refractivity contribution in [1.82, 2.24) is 4.98 Å². The second kappa shape index (κ2) is 3.81. The number of aryl methyl sites for hydroxylation is 2. The zero-order valence-corrected chi connectivity index (χ0v) is 10.8. The van der Waals surface area contributed by atoms with Crippen LogP contribution < -0.4 is 5.73 Å². The van der Waals surface area contributed by atoms with Crippen LogP contribution in [-0.2, 0) is 18.4 Å².